The molecule has 0 aliphatic carbocycles. The van der Waals surface area contributed by atoms with Crippen molar-refractivity contribution in [3.63, 3.8) is 0 Å². The predicted molar refractivity (Wildman–Crippen MR) is 64.0 cm³/mol. The minimum Gasteiger partial charge on any atom is -0.497 e. The molecule has 0 atom stereocenters. The van der Waals surface area contributed by atoms with E-state index in [2.05, 4.69) is 12.6 Å². The monoisotopic (exact) mass is 205 g/mol. The van der Waals surface area contributed by atoms with Gasteiger partial charge in [0.1, 0.15) is 5.75 Å². The number of nitrogens with two attached hydrogens (primary N) is 1. The van der Waals surface area contributed by atoms with Gasteiger partial charge < -0.3 is 10.5 Å². The van der Waals surface area contributed by atoms with Crippen LogP contribution in [0.25, 0.3) is 0 Å². The van der Waals surface area contributed by atoms with Crippen molar-refractivity contribution in [2.24, 2.45) is 5.73 Å². The van der Waals surface area contributed by atoms with Crippen LogP contribution in [0.4, 0.5) is 0 Å². The second kappa shape index (κ2) is 6.25. The number of allylic oxidation sites excluding steroid dienone is 1. The molecule has 0 fully saturated rings. The van der Waals surface area contributed by atoms with Crippen LogP contribution in [0.3, 0.4) is 0 Å². The first kappa shape index (κ1) is 11.8. The van der Waals surface area contributed by atoms with Gasteiger partial charge in [0.25, 0.3) is 0 Å². The van der Waals surface area contributed by atoms with Crippen LogP contribution < -0.4 is 10.5 Å². The van der Waals surface area contributed by atoms with Gasteiger partial charge in [-0.05, 0) is 42.5 Å². The lowest BCUT2D eigenvalue weighted by molar-refractivity contribution is 0.414. The first-order chi connectivity index (χ1) is 7.31. The summed E-state index contributed by atoms with van der Waals surface area (Å²) in [5, 5.41) is 0. The molecular weight excluding hydrogens is 186 g/mol. The zero-order chi connectivity index (χ0) is 11.1. The minimum absolute atomic E-state index is 0.570. The van der Waals surface area contributed by atoms with E-state index in [-0.39, 0.29) is 0 Å². The Morgan fingerprint density at radius 2 is 2.20 bits per heavy atom. The van der Waals surface area contributed by atoms with Gasteiger partial charge in [-0.25, -0.2) is 0 Å². The lowest BCUT2D eigenvalue weighted by atomic mass is 10.0. The standard InChI is InChI=1S/C13H19NO/c1-3-4-5-6-11-7-8-13(15-2)9-12(11)10-14/h3,7-9H,1,4-6,10,14H2,2H3. The van der Waals surface area contributed by atoms with Crippen LogP contribution in [0.15, 0.2) is 30.9 Å². The third-order valence-electron chi connectivity index (χ3n) is 2.49. The summed E-state index contributed by atoms with van der Waals surface area (Å²) in [5.74, 6) is 0.878. The van der Waals surface area contributed by atoms with Crippen molar-refractivity contribution in [2.75, 3.05) is 7.11 Å². The molecule has 1 aromatic rings. The maximum absolute atomic E-state index is 5.70. The van der Waals surface area contributed by atoms with E-state index in [0.29, 0.717) is 6.54 Å². The summed E-state index contributed by atoms with van der Waals surface area (Å²) in [7, 11) is 1.67. The molecule has 0 heterocycles. The van der Waals surface area contributed by atoms with Gasteiger partial charge in [-0.2, -0.15) is 0 Å². The summed E-state index contributed by atoms with van der Waals surface area (Å²) in [6, 6.07) is 6.11. The molecule has 0 amide bonds. The van der Waals surface area contributed by atoms with Crippen LogP contribution in [0.5, 0.6) is 5.75 Å². The molecule has 0 aromatic heterocycles. The highest BCUT2D eigenvalue weighted by Gasteiger charge is 2.02. The topological polar surface area (TPSA) is 35.2 Å². The van der Waals surface area contributed by atoms with Gasteiger partial charge in [0, 0.05) is 6.54 Å². The third kappa shape index (κ3) is 3.40. The highest BCUT2D eigenvalue weighted by Crippen LogP contribution is 2.19. The lowest BCUT2D eigenvalue weighted by Gasteiger charge is -2.09. The second-order valence-electron chi connectivity index (χ2n) is 3.52. The summed E-state index contributed by atoms with van der Waals surface area (Å²) in [5.41, 5.74) is 8.20. The zero-order valence-corrected chi connectivity index (χ0v) is 9.33. The Kier molecular flexibility index (Phi) is 4.91. The zero-order valence-electron chi connectivity index (χ0n) is 9.33. The molecule has 0 radical (unpaired) electrons. The fourth-order valence-electron chi connectivity index (χ4n) is 1.60. The third-order valence-corrected chi connectivity index (χ3v) is 2.49. The molecule has 0 aliphatic rings. The number of benzene rings is 1. The molecule has 0 saturated carbocycles. The summed E-state index contributed by atoms with van der Waals surface area (Å²) < 4.78 is 5.17. The molecule has 0 spiro atoms. The largest absolute Gasteiger partial charge is 0.497 e. The van der Waals surface area contributed by atoms with Crippen LogP contribution >= 0.6 is 0 Å². The van der Waals surface area contributed by atoms with E-state index in [1.54, 1.807) is 7.11 Å². The molecule has 1 aromatic carbocycles. The van der Waals surface area contributed by atoms with Crippen LogP contribution in [0.1, 0.15) is 24.0 Å². The normalized spacial score (nSPS) is 10.0. The van der Waals surface area contributed by atoms with Crippen molar-refractivity contribution in [3.8, 4) is 5.75 Å². The van der Waals surface area contributed by atoms with E-state index in [1.165, 1.54) is 11.1 Å². The number of unbranched alkanes of at least 4 members (excludes halogenated alkanes) is 1. The molecule has 15 heavy (non-hydrogen) atoms. The Morgan fingerprint density at radius 1 is 1.40 bits per heavy atom. The average molecular weight is 205 g/mol. The van der Waals surface area contributed by atoms with Crippen LogP contribution in [-0.4, -0.2) is 7.11 Å². The van der Waals surface area contributed by atoms with Gasteiger partial charge in [-0.15, -0.1) is 6.58 Å². The van der Waals surface area contributed by atoms with Gasteiger partial charge in [-0.3, -0.25) is 0 Å². The van der Waals surface area contributed by atoms with Gasteiger partial charge in [0.05, 0.1) is 7.11 Å². The van der Waals surface area contributed by atoms with Gasteiger partial charge in [-0.1, -0.05) is 12.1 Å². The van der Waals surface area contributed by atoms with Gasteiger partial charge >= 0.3 is 0 Å². The Morgan fingerprint density at radius 3 is 2.80 bits per heavy atom. The van der Waals surface area contributed by atoms with E-state index in [1.807, 2.05) is 18.2 Å². The Balaban J connectivity index is 2.73. The molecule has 82 valence electrons. The van der Waals surface area contributed by atoms with Crippen molar-refractivity contribution >= 4 is 0 Å². The highest BCUT2D eigenvalue weighted by molar-refractivity contribution is 5.35. The molecule has 0 saturated heterocycles. The first-order valence-electron chi connectivity index (χ1n) is 5.28. The number of methoxy groups -OCH3 is 1. The molecular formula is C13H19NO. The smallest absolute Gasteiger partial charge is 0.119 e. The van der Waals surface area contributed by atoms with Crippen molar-refractivity contribution in [1.29, 1.82) is 0 Å². The SMILES string of the molecule is C=CCCCc1ccc(OC)cc1CN. The lowest BCUT2D eigenvalue weighted by Crippen LogP contribution is -2.02. The Bertz CT molecular complexity index is 320. The van der Waals surface area contributed by atoms with E-state index >= 15 is 0 Å². The van der Waals surface area contributed by atoms with Crippen LogP contribution in [0.2, 0.25) is 0 Å². The molecule has 2 N–H and O–H groups in total. The maximum Gasteiger partial charge on any atom is 0.119 e. The van der Waals surface area contributed by atoms with Gasteiger partial charge in [0.2, 0.25) is 0 Å². The van der Waals surface area contributed by atoms with E-state index in [0.717, 1.165) is 25.0 Å². The molecule has 0 unspecified atom stereocenters. The van der Waals surface area contributed by atoms with Crippen molar-refractivity contribution in [1.82, 2.24) is 0 Å². The van der Waals surface area contributed by atoms with Crippen molar-refractivity contribution < 1.29 is 4.74 Å². The van der Waals surface area contributed by atoms with E-state index < -0.39 is 0 Å². The summed E-state index contributed by atoms with van der Waals surface area (Å²) >= 11 is 0. The molecule has 2 heteroatoms. The summed E-state index contributed by atoms with van der Waals surface area (Å²) in [6.07, 6.45) is 5.19. The van der Waals surface area contributed by atoms with E-state index in [4.69, 9.17) is 10.5 Å². The van der Waals surface area contributed by atoms with Gasteiger partial charge in [0.15, 0.2) is 0 Å². The maximum atomic E-state index is 5.70. The average Bonchev–Trinajstić information content (AvgIpc) is 2.29. The Labute approximate surface area is 91.7 Å². The van der Waals surface area contributed by atoms with Crippen LogP contribution in [-0.2, 0) is 13.0 Å². The summed E-state index contributed by atoms with van der Waals surface area (Å²) in [4.78, 5) is 0. The Hall–Kier alpha value is -1.28. The number of hydrogen-bond donors (Lipinski definition) is 1. The number of ether oxygens (including phenoxy) is 1. The van der Waals surface area contributed by atoms with Crippen molar-refractivity contribution in [3.05, 3.63) is 42.0 Å². The molecule has 0 aliphatic heterocycles. The predicted octanol–water partition coefficient (Wildman–Crippen LogP) is 2.66. The molecule has 2 nitrogen and oxygen atoms in total. The number of rotatable bonds is 6. The number of hydrogen-bond acceptors (Lipinski definition) is 2. The van der Waals surface area contributed by atoms with Crippen LogP contribution in [0, 0.1) is 0 Å². The fraction of sp³-hybridized carbons (Fsp3) is 0.385. The molecule has 1 rings (SSSR count). The minimum atomic E-state index is 0.570. The number of aryl methyl sites for hydroxylation is 1. The molecule has 0 bridgehead atoms. The fourth-order valence-corrected chi connectivity index (χ4v) is 1.60. The first-order valence-corrected chi connectivity index (χ1v) is 5.28. The highest BCUT2D eigenvalue weighted by atomic mass is 16.5. The second-order valence-corrected chi connectivity index (χ2v) is 3.52. The van der Waals surface area contributed by atoms with E-state index in [9.17, 15) is 0 Å². The van der Waals surface area contributed by atoms with Crippen molar-refractivity contribution in [2.45, 2.75) is 25.8 Å². The summed E-state index contributed by atoms with van der Waals surface area (Å²) in [6.45, 7) is 4.29. The quantitative estimate of drug-likeness (QED) is 0.572.